The Hall–Kier alpha value is -1.28. The molecule has 0 radical (unpaired) electrons. The number of ether oxygens (including phenoxy) is 1. The largest absolute Gasteiger partial charge is 0.446 e. The number of alkyl carbamates (subject to hydrolysis) is 1. The maximum absolute atomic E-state index is 11.7. The van der Waals surface area contributed by atoms with Gasteiger partial charge in [0.1, 0.15) is 11.6 Å². The smallest absolute Gasteiger partial charge is 0.408 e. The predicted molar refractivity (Wildman–Crippen MR) is 62.3 cm³/mol. The summed E-state index contributed by atoms with van der Waals surface area (Å²) < 4.78 is 5.35. The highest BCUT2D eigenvalue weighted by atomic mass is 16.6. The van der Waals surface area contributed by atoms with Gasteiger partial charge in [0.25, 0.3) is 0 Å². The van der Waals surface area contributed by atoms with Gasteiger partial charge in [-0.1, -0.05) is 6.42 Å². The molecule has 2 aliphatic rings. The number of carbonyl (C=O) groups is 1. The molecule has 1 heterocycles. The van der Waals surface area contributed by atoms with Crippen LogP contribution in [0.1, 0.15) is 38.5 Å². The van der Waals surface area contributed by atoms with Crippen molar-refractivity contribution in [1.82, 2.24) is 10.6 Å². The number of nitriles is 1. The van der Waals surface area contributed by atoms with Crippen molar-refractivity contribution in [3.05, 3.63) is 0 Å². The van der Waals surface area contributed by atoms with Crippen LogP contribution in [0, 0.1) is 11.3 Å². The number of hydrogen-bond acceptors (Lipinski definition) is 4. The standard InChI is InChI=1S/C12H19N3O2/c13-8-12(6-7-14-9-12)15-11(16)17-10-4-2-1-3-5-10/h10,14H,1-7,9H2,(H,15,16). The molecular weight excluding hydrogens is 218 g/mol. The first-order chi connectivity index (χ1) is 8.24. The van der Waals surface area contributed by atoms with Crippen LogP contribution in [0.5, 0.6) is 0 Å². The molecule has 0 aromatic heterocycles. The van der Waals surface area contributed by atoms with Crippen molar-refractivity contribution in [2.24, 2.45) is 0 Å². The minimum absolute atomic E-state index is 0.0360. The topological polar surface area (TPSA) is 74.2 Å². The highest BCUT2D eigenvalue weighted by molar-refractivity contribution is 5.69. The van der Waals surface area contributed by atoms with Gasteiger partial charge in [-0.2, -0.15) is 5.26 Å². The molecule has 2 rings (SSSR count). The second kappa shape index (κ2) is 5.37. The molecule has 0 bridgehead atoms. The number of nitrogens with zero attached hydrogens (tertiary/aromatic N) is 1. The molecule has 0 spiro atoms. The van der Waals surface area contributed by atoms with Crippen LogP contribution in [0.25, 0.3) is 0 Å². The van der Waals surface area contributed by atoms with Gasteiger partial charge in [-0.25, -0.2) is 4.79 Å². The lowest BCUT2D eigenvalue weighted by Crippen LogP contribution is -2.49. The Labute approximate surface area is 102 Å². The Balaban J connectivity index is 1.82. The molecule has 5 heteroatoms. The molecule has 1 saturated carbocycles. The van der Waals surface area contributed by atoms with Crippen LogP contribution in [0.4, 0.5) is 4.79 Å². The molecule has 1 unspecified atom stereocenters. The zero-order chi connectivity index (χ0) is 12.1. The summed E-state index contributed by atoms with van der Waals surface area (Å²) >= 11 is 0. The number of nitrogens with one attached hydrogen (secondary N) is 2. The average Bonchev–Trinajstić information content (AvgIpc) is 2.79. The van der Waals surface area contributed by atoms with Crippen LogP contribution in [0.15, 0.2) is 0 Å². The van der Waals surface area contributed by atoms with Crippen LogP contribution in [-0.2, 0) is 4.74 Å². The second-order valence-corrected chi connectivity index (χ2v) is 4.91. The summed E-state index contributed by atoms with van der Waals surface area (Å²) in [6, 6.07) is 2.17. The maximum Gasteiger partial charge on any atom is 0.408 e. The third-order valence-electron chi connectivity index (χ3n) is 3.54. The predicted octanol–water partition coefficient (Wildman–Crippen LogP) is 1.30. The zero-order valence-corrected chi connectivity index (χ0v) is 10.00. The Morgan fingerprint density at radius 3 is 2.76 bits per heavy atom. The van der Waals surface area contributed by atoms with Gasteiger partial charge >= 0.3 is 6.09 Å². The van der Waals surface area contributed by atoms with E-state index in [9.17, 15) is 4.79 Å². The molecule has 1 amide bonds. The summed E-state index contributed by atoms with van der Waals surface area (Å²) in [5.74, 6) is 0. The van der Waals surface area contributed by atoms with E-state index in [1.165, 1.54) is 6.42 Å². The second-order valence-electron chi connectivity index (χ2n) is 4.91. The van der Waals surface area contributed by atoms with Gasteiger partial charge in [-0.15, -0.1) is 0 Å². The lowest BCUT2D eigenvalue weighted by atomic mass is 9.98. The fourth-order valence-corrected chi connectivity index (χ4v) is 2.48. The number of rotatable bonds is 2. The third-order valence-corrected chi connectivity index (χ3v) is 3.54. The van der Waals surface area contributed by atoms with E-state index in [0.717, 1.165) is 32.2 Å². The molecule has 94 valence electrons. The van der Waals surface area contributed by atoms with Gasteiger partial charge in [0, 0.05) is 6.54 Å². The van der Waals surface area contributed by atoms with Gasteiger partial charge < -0.3 is 15.4 Å². The van der Waals surface area contributed by atoms with E-state index in [-0.39, 0.29) is 6.10 Å². The molecular formula is C12H19N3O2. The van der Waals surface area contributed by atoms with E-state index in [0.29, 0.717) is 13.0 Å². The summed E-state index contributed by atoms with van der Waals surface area (Å²) in [4.78, 5) is 11.7. The van der Waals surface area contributed by atoms with Crippen LogP contribution in [0.2, 0.25) is 0 Å². The molecule has 0 aromatic carbocycles. The van der Waals surface area contributed by atoms with Gasteiger partial charge in [-0.3, -0.25) is 0 Å². The molecule has 2 fully saturated rings. The summed E-state index contributed by atoms with van der Waals surface area (Å²) in [7, 11) is 0. The average molecular weight is 237 g/mol. The highest BCUT2D eigenvalue weighted by Crippen LogP contribution is 2.21. The number of hydrogen-bond donors (Lipinski definition) is 2. The summed E-state index contributed by atoms with van der Waals surface area (Å²) in [6.45, 7) is 1.26. The summed E-state index contributed by atoms with van der Waals surface area (Å²) in [5, 5.41) is 14.9. The molecule has 1 aliphatic heterocycles. The molecule has 1 atom stereocenters. The fraction of sp³-hybridized carbons (Fsp3) is 0.833. The van der Waals surface area contributed by atoms with Crippen molar-refractivity contribution in [3.63, 3.8) is 0 Å². The van der Waals surface area contributed by atoms with E-state index in [4.69, 9.17) is 10.00 Å². The van der Waals surface area contributed by atoms with Crippen molar-refractivity contribution in [2.75, 3.05) is 13.1 Å². The van der Waals surface area contributed by atoms with Crippen molar-refractivity contribution >= 4 is 6.09 Å². The third kappa shape index (κ3) is 3.10. The Morgan fingerprint density at radius 1 is 1.41 bits per heavy atom. The number of amides is 1. The van der Waals surface area contributed by atoms with E-state index >= 15 is 0 Å². The molecule has 1 aliphatic carbocycles. The quantitative estimate of drug-likeness (QED) is 0.759. The SMILES string of the molecule is N#CC1(NC(=O)OC2CCCCC2)CCNC1. The zero-order valence-electron chi connectivity index (χ0n) is 10.00. The van der Waals surface area contributed by atoms with E-state index in [1.54, 1.807) is 0 Å². The maximum atomic E-state index is 11.7. The van der Waals surface area contributed by atoms with E-state index < -0.39 is 11.6 Å². The molecule has 0 aromatic rings. The molecule has 1 saturated heterocycles. The van der Waals surface area contributed by atoms with Crippen molar-refractivity contribution in [3.8, 4) is 6.07 Å². The van der Waals surface area contributed by atoms with Crippen LogP contribution in [0.3, 0.4) is 0 Å². The minimum Gasteiger partial charge on any atom is -0.446 e. The first-order valence-electron chi connectivity index (χ1n) is 6.35. The molecule has 2 N–H and O–H groups in total. The van der Waals surface area contributed by atoms with Crippen molar-refractivity contribution in [2.45, 2.75) is 50.2 Å². The minimum atomic E-state index is -0.772. The molecule has 17 heavy (non-hydrogen) atoms. The van der Waals surface area contributed by atoms with Crippen LogP contribution < -0.4 is 10.6 Å². The summed E-state index contributed by atoms with van der Waals surface area (Å²) in [6.07, 6.45) is 5.62. The molecule has 5 nitrogen and oxygen atoms in total. The monoisotopic (exact) mass is 237 g/mol. The number of carbonyl (C=O) groups excluding carboxylic acids is 1. The van der Waals surface area contributed by atoms with Crippen molar-refractivity contribution in [1.29, 1.82) is 5.26 Å². The van der Waals surface area contributed by atoms with Crippen molar-refractivity contribution < 1.29 is 9.53 Å². The lowest BCUT2D eigenvalue weighted by Gasteiger charge is -2.25. The van der Waals surface area contributed by atoms with Gasteiger partial charge in [0.05, 0.1) is 6.07 Å². The van der Waals surface area contributed by atoms with E-state index in [2.05, 4.69) is 16.7 Å². The Morgan fingerprint density at radius 2 is 2.18 bits per heavy atom. The lowest BCUT2D eigenvalue weighted by molar-refractivity contribution is 0.0710. The van der Waals surface area contributed by atoms with Gasteiger partial charge in [0.15, 0.2) is 0 Å². The first-order valence-corrected chi connectivity index (χ1v) is 6.35. The Bertz CT molecular complexity index is 312. The van der Waals surface area contributed by atoms with Crippen LogP contribution in [-0.4, -0.2) is 30.8 Å². The van der Waals surface area contributed by atoms with Crippen LogP contribution >= 0.6 is 0 Å². The first kappa shape index (κ1) is 12.2. The van der Waals surface area contributed by atoms with Gasteiger partial charge in [-0.05, 0) is 38.6 Å². The normalized spacial score (nSPS) is 29.6. The summed E-state index contributed by atoms with van der Waals surface area (Å²) in [5.41, 5.74) is -0.772. The fourth-order valence-electron chi connectivity index (χ4n) is 2.48. The van der Waals surface area contributed by atoms with E-state index in [1.807, 2.05) is 0 Å². The van der Waals surface area contributed by atoms with Gasteiger partial charge in [0.2, 0.25) is 0 Å². The Kier molecular flexibility index (Phi) is 3.85. The highest BCUT2D eigenvalue weighted by Gasteiger charge is 2.36.